The first-order valence-electron chi connectivity index (χ1n) is 5.04. The molecule has 1 unspecified atom stereocenters. The summed E-state index contributed by atoms with van der Waals surface area (Å²) < 4.78 is 11.1. The lowest BCUT2D eigenvalue weighted by molar-refractivity contribution is -0.147. The SMILES string of the molecule is CON(c1ncccn1)C1COC(C)(C)O1. The van der Waals surface area contributed by atoms with Crippen molar-refractivity contribution >= 4 is 5.95 Å². The molecule has 0 bridgehead atoms. The van der Waals surface area contributed by atoms with Crippen LogP contribution in [0, 0.1) is 0 Å². The molecule has 1 saturated heterocycles. The molecule has 6 heteroatoms. The Morgan fingerprint density at radius 3 is 2.62 bits per heavy atom. The second-order valence-electron chi connectivity index (χ2n) is 3.84. The third-order valence-electron chi connectivity index (χ3n) is 2.20. The molecule has 1 fully saturated rings. The van der Waals surface area contributed by atoms with Crippen molar-refractivity contribution < 1.29 is 14.3 Å². The minimum Gasteiger partial charge on any atom is -0.346 e. The summed E-state index contributed by atoms with van der Waals surface area (Å²) in [5, 5.41) is 1.49. The van der Waals surface area contributed by atoms with Gasteiger partial charge in [0.2, 0.25) is 0 Å². The van der Waals surface area contributed by atoms with Crippen molar-refractivity contribution in [1.82, 2.24) is 9.97 Å². The van der Waals surface area contributed by atoms with E-state index in [1.807, 2.05) is 13.8 Å². The van der Waals surface area contributed by atoms with Crippen LogP contribution in [0.5, 0.6) is 0 Å². The van der Waals surface area contributed by atoms with Gasteiger partial charge in [-0.15, -0.1) is 0 Å². The van der Waals surface area contributed by atoms with Crippen LogP contribution in [0.15, 0.2) is 18.5 Å². The Morgan fingerprint density at radius 2 is 2.12 bits per heavy atom. The number of hydroxylamine groups is 1. The average molecular weight is 225 g/mol. The van der Waals surface area contributed by atoms with Gasteiger partial charge in [0.25, 0.3) is 5.95 Å². The molecule has 1 aliphatic rings. The molecule has 1 aromatic heterocycles. The van der Waals surface area contributed by atoms with Crippen LogP contribution in [0.4, 0.5) is 5.95 Å². The third kappa shape index (κ3) is 2.29. The van der Waals surface area contributed by atoms with Crippen LogP contribution in [0.1, 0.15) is 13.8 Å². The van der Waals surface area contributed by atoms with E-state index in [0.29, 0.717) is 12.6 Å². The number of rotatable bonds is 3. The van der Waals surface area contributed by atoms with Crippen LogP contribution >= 0.6 is 0 Å². The Kier molecular flexibility index (Phi) is 3.04. The highest BCUT2D eigenvalue weighted by molar-refractivity contribution is 5.25. The number of ether oxygens (including phenoxy) is 2. The first kappa shape index (κ1) is 11.3. The molecule has 0 amide bonds. The van der Waals surface area contributed by atoms with Gasteiger partial charge in [0.1, 0.15) is 0 Å². The Bertz CT molecular complexity index is 344. The first-order chi connectivity index (χ1) is 7.62. The molecule has 2 heterocycles. The fraction of sp³-hybridized carbons (Fsp3) is 0.600. The largest absolute Gasteiger partial charge is 0.346 e. The average Bonchev–Trinajstić information content (AvgIpc) is 2.62. The highest BCUT2D eigenvalue weighted by atomic mass is 16.8. The maximum Gasteiger partial charge on any atom is 0.252 e. The predicted octanol–water partition coefficient (Wildman–Crippen LogP) is 0.953. The lowest BCUT2D eigenvalue weighted by Crippen LogP contribution is -2.38. The predicted molar refractivity (Wildman–Crippen MR) is 56.4 cm³/mol. The minimum atomic E-state index is -0.601. The van der Waals surface area contributed by atoms with E-state index >= 15 is 0 Å². The second-order valence-corrected chi connectivity index (χ2v) is 3.84. The molecule has 1 aromatic rings. The molecule has 0 spiro atoms. The van der Waals surface area contributed by atoms with Crippen molar-refractivity contribution in [3.8, 4) is 0 Å². The highest BCUT2D eigenvalue weighted by Gasteiger charge is 2.37. The van der Waals surface area contributed by atoms with E-state index < -0.39 is 5.79 Å². The molecule has 0 N–H and O–H groups in total. The summed E-state index contributed by atoms with van der Waals surface area (Å²) in [5.41, 5.74) is 0. The zero-order chi connectivity index (χ0) is 11.6. The van der Waals surface area contributed by atoms with Gasteiger partial charge in [-0.25, -0.2) is 9.97 Å². The van der Waals surface area contributed by atoms with Gasteiger partial charge < -0.3 is 9.47 Å². The smallest absolute Gasteiger partial charge is 0.252 e. The summed E-state index contributed by atoms with van der Waals surface area (Å²) in [6, 6.07) is 1.74. The number of hydrogen-bond acceptors (Lipinski definition) is 6. The summed E-state index contributed by atoms with van der Waals surface area (Å²) in [6.45, 7) is 4.12. The van der Waals surface area contributed by atoms with Gasteiger partial charge >= 0.3 is 0 Å². The Morgan fingerprint density at radius 1 is 1.44 bits per heavy atom. The molecule has 6 nitrogen and oxygen atoms in total. The number of anilines is 1. The zero-order valence-corrected chi connectivity index (χ0v) is 9.58. The maximum atomic E-state index is 5.65. The maximum absolute atomic E-state index is 5.65. The van der Waals surface area contributed by atoms with Crippen molar-refractivity contribution in [3.05, 3.63) is 18.5 Å². The molecule has 0 aromatic carbocycles. The summed E-state index contributed by atoms with van der Waals surface area (Å²) in [4.78, 5) is 13.4. The molecule has 2 rings (SSSR count). The van der Waals surface area contributed by atoms with Crippen LogP contribution in [0.3, 0.4) is 0 Å². The lowest BCUT2D eigenvalue weighted by atomic mass is 10.4. The molecular weight excluding hydrogens is 210 g/mol. The lowest BCUT2D eigenvalue weighted by Gasteiger charge is -2.25. The van der Waals surface area contributed by atoms with Gasteiger partial charge in [0.15, 0.2) is 12.0 Å². The Hall–Kier alpha value is -1.24. The molecular formula is C10H15N3O3. The normalized spacial score (nSPS) is 23.3. The van der Waals surface area contributed by atoms with E-state index in [9.17, 15) is 0 Å². The molecule has 1 aliphatic heterocycles. The Labute approximate surface area is 94.1 Å². The second kappa shape index (κ2) is 4.32. The summed E-state index contributed by atoms with van der Waals surface area (Å²) in [7, 11) is 1.55. The van der Waals surface area contributed by atoms with E-state index in [1.54, 1.807) is 25.6 Å². The van der Waals surface area contributed by atoms with E-state index in [0.717, 1.165) is 0 Å². The van der Waals surface area contributed by atoms with E-state index in [1.165, 1.54) is 5.06 Å². The zero-order valence-electron chi connectivity index (χ0n) is 9.58. The first-order valence-corrected chi connectivity index (χ1v) is 5.04. The molecule has 0 saturated carbocycles. The van der Waals surface area contributed by atoms with Crippen molar-refractivity contribution in [3.63, 3.8) is 0 Å². The van der Waals surface area contributed by atoms with Gasteiger partial charge in [-0.1, -0.05) is 0 Å². The van der Waals surface area contributed by atoms with E-state index in [-0.39, 0.29) is 6.23 Å². The van der Waals surface area contributed by atoms with Gasteiger partial charge in [0.05, 0.1) is 13.7 Å². The standard InChI is InChI=1S/C10H15N3O3/c1-10(2)15-7-8(16-10)13(14-3)9-11-5-4-6-12-9/h4-6,8H,7H2,1-3H3. The number of hydrogen-bond donors (Lipinski definition) is 0. The van der Waals surface area contributed by atoms with Gasteiger partial charge in [-0.2, -0.15) is 5.06 Å². The van der Waals surface area contributed by atoms with E-state index in [4.69, 9.17) is 14.3 Å². The van der Waals surface area contributed by atoms with Gasteiger partial charge in [0, 0.05) is 12.4 Å². The van der Waals surface area contributed by atoms with Crippen LogP contribution in [0.25, 0.3) is 0 Å². The quantitative estimate of drug-likeness (QED) is 0.714. The van der Waals surface area contributed by atoms with Crippen LogP contribution in [-0.2, 0) is 14.3 Å². The summed E-state index contributed by atoms with van der Waals surface area (Å²) in [5.74, 6) is -0.146. The molecule has 88 valence electrons. The highest BCUT2D eigenvalue weighted by Crippen LogP contribution is 2.26. The van der Waals surface area contributed by atoms with E-state index in [2.05, 4.69) is 9.97 Å². The van der Waals surface area contributed by atoms with Crippen LogP contribution in [-0.4, -0.2) is 35.7 Å². The van der Waals surface area contributed by atoms with Crippen molar-refractivity contribution in [2.45, 2.75) is 25.9 Å². The third-order valence-corrected chi connectivity index (χ3v) is 2.20. The van der Waals surface area contributed by atoms with Crippen molar-refractivity contribution in [1.29, 1.82) is 0 Å². The Balaban J connectivity index is 2.13. The summed E-state index contributed by atoms with van der Waals surface area (Å²) in [6.07, 6.45) is 2.97. The number of aromatic nitrogens is 2. The van der Waals surface area contributed by atoms with Crippen molar-refractivity contribution in [2.24, 2.45) is 0 Å². The molecule has 16 heavy (non-hydrogen) atoms. The van der Waals surface area contributed by atoms with Crippen LogP contribution < -0.4 is 5.06 Å². The minimum absolute atomic E-state index is 0.331. The van der Waals surface area contributed by atoms with Gasteiger partial charge in [-0.05, 0) is 19.9 Å². The van der Waals surface area contributed by atoms with Crippen LogP contribution in [0.2, 0.25) is 0 Å². The molecule has 1 atom stereocenters. The fourth-order valence-corrected chi connectivity index (χ4v) is 1.52. The molecule has 0 radical (unpaired) electrons. The van der Waals surface area contributed by atoms with Crippen molar-refractivity contribution in [2.75, 3.05) is 18.8 Å². The van der Waals surface area contributed by atoms with Gasteiger partial charge in [-0.3, -0.25) is 4.84 Å². The summed E-state index contributed by atoms with van der Waals surface area (Å²) >= 11 is 0. The topological polar surface area (TPSA) is 56.7 Å². The fourth-order valence-electron chi connectivity index (χ4n) is 1.52. The molecule has 0 aliphatic carbocycles. The number of nitrogens with zero attached hydrogens (tertiary/aromatic N) is 3. The monoisotopic (exact) mass is 225 g/mol.